The van der Waals surface area contributed by atoms with Crippen LogP contribution in [-0.2, 0) is 17.8 Å². The molecule has 0 fully saturated rings. The van der Waals surface area contributed by atoms with Crippen LogP contribution in [0.5, 0.6) is 0 Å². The molecule has 0 saturated heterocycles. The van der Waals surface area contributed by atoms with E-state index >= 15 is 0 Å². The maximum Gasteiger partial charge on any atom is 0.241 e. The number of rotatable bonds is 6. The first-order valence-electron chi connectivity index (χ1n) is 9.89. The molecule has 152 valence electrons. The number of H-pyrrole nitrogens is 1. The standard InChI is InChI=1S/C21H22N8O/c1-22-18(30)12-29-11-14(10-24-29)25-21-27-19-16(8-9-23-19)20(28-21)26-17-7-6-13-4-2-3-5-15(13)17/h2-5,8-11,17H,6-7,12H2,1H3,(H,22,30)(H3,23,25,26,27,28). The lowest BCUT2D eigenvalue weighted by molar-refractivity contribution is -0.121. The maximum absolute atomic E-state index is 11.5. The first kappa shape index (κ1) is 18.2. The third-order valence-corrected chi connectivity index (χ3v) is 5.33. The molecule has 3 aromatic heterocycles. The molecule has 0 bridgehead atoms. The molecule has 1 aromatic carbocycles. The largest absolute Gasteiger partial charge is 0.363 e. The zero-order chi connectivity index (χ0) is 20.5. The van der Waals surface area contributed by atoms with Crippen molar-refractivity contribution in [3.63, 3.8) is 0 Å². The van der Waals surface area contributed by atoms with E-state index in [1.807, 2.05) is 12.3 Å². The van der Waals surface area contributed by atoms with Crippen molar-refractivity contribution in [2.45, 2.75) is 25.4 Å². The average molecular weight is 402 g/mol. The van der Waals surface area contributed by atoms with Crippen molar-refractivity contribution < 1.29 is 4.79 Å². The lowest BCUT2D eigenvalue weighted by Gasteiger charge is -2.16. The fourth-order valence-corrected chi connectivity index (χ4v) is 3.85. The summed E-state index contributed by atoms with van der Waals surface area (Å²) in [5.74, 6) is 1.12. The molecule has 30 heavy (non-hydrogen) atoms. The monoisotopic (exact) mass is 402 g/mol. The summed E-state index contributed by atoms with van der Waals surface area (Å²) in [6.45, 7) is 0.155. The van der Waals surface area contributed by atoms with E-state index in [1.54, 1.807) is 24.1 Å². The van der Waals surface area contributed by atoms with Crippen LogP contribution in [0.25, 0.3) is 11.0 Å². The van der Waals surface area contributed by atoms with Crippen LogP contribution in [0.1, 0.15) is 23.6 Å². The molecule has 1 atom stereocenters. The van der Waals surface area contributed by atoms with E-state index in [0.29, 0.717) is 11.6 Å². The Kier molecular flexibility index (Phi) is 4.55. The van der Waals surface area contributed by atoms with E-state index in [4.69, 9.17) is 4.98 Å². The molecular weight excluding hydrogens is 380 g/mol. The van der Waals surface area contributed by atoms with Crippen molar-refractivity contribution in [1.29, 1.82) is 0 Å². The minimum absolute atomic E-state index is 0.114. The van der Waals surface area contributed by atoms with Crippen molar-refractivity contribution in [1.82, 2.24) is 30.0 Å². The van der Waals surface area contributed by atoms with Crippen LogP contribution in [0.2, 0.25) is 0 Å². The zero-order valence-corrected chi connectivity index (χ0v) is 16.5. The van der Waals surface area contributed by atoms with Gasteiger partial charge in [0.2, 0.25) is 11.9 Å². The quantitative estimate of drug-likeness (QED) is 0.395. The number of fused-ring (bicyclic) bond motifs is 2. The summed E-state index contributed by atoms with van der Waals surface area (Å²) in [5, 5.41) is 14.5. The van der Waals surface area contributed by atoms with Crippen molar-refractivity contribution in [2.24, 2.45) is 0 Å². The van der Waals surface area contributed by atoms with Crippen LogP contribution in [0.4, 0.5) is 17.5 Å². The van der Waals surface area contributed by atoms with Crippen molar-refractivity contribution >= 4 is 34.4 Å². The molecule has 0 aliphatic heterocycles. The van der Waals surface area contributed by atoms with Gasteiger partial charge in [0.05, 0.1) is 23.3 Å². The van der Waals surface area contributed by atoms with Gasteiger partial charge in [0.25, 0.3) is 0 Å². The summed E-state index contributed by atoms with van der Waals surface area (Å²) >= 11 is 0. The lowest BCUT2D eigenvalue weighted by atomic mass is 10.1. The molecule has 0 spiro atoms. The first-order valence-corrected chi connectivity index (χ1v) is 9.89. The third-order valence-electron chi connectivity index (χ3n) is 5.33. The molecule has 4 N–H and O–H groups in total. The number of nitrogens with one attached hydrogen (secondary N) is 4. The SMILES string of the molecule is CNC(=O)Cn1cc(Nc2nc(NC3CCc4ccccc43)c3cc[nH]c3n2)cn1. The van der Waals surface area contributed by atoms with Gasteiger partial charge in [-0.1, -0.05) is 24.3 Å². The van der Waals surface area contributed by atoms with Crippen LogP contribution in [0.15, 0.2) is 48.9 Å². The number of carbonyl (C=O) groups is 1. The zero-order valence-electron chi connectivity index (χ0n) is 16.5. The third kappa shape index (κ3) is 3.45. The van der Waals surface area contributed by atoms with E-state index in [9.17, 15) is 4.79 Å². The van der Waals surface area contributed by atoms with Gasteiger partial charge in [0.15, 0.2) is 0 Å². The molecule has 0 radical (unpaired) electrons. The number of nitrogens with zero attached hydrogens (tertiary/aromatic N) is 4. The highest BCUT2D eigenvalue weighted by Crippen LogP contribution is 2.35. The van der Waals surface area contributed by atoms with E-state index in [1.165, 1.54) is 11.1 Å². The van der Waals surface area contributed by atoms with Crippen LogP contribution < -0.4 is 16.0 Å². The Balaban J connectivity index is 1.40. The number of hydrogen-bond acceptors (Lipinski definition) is 6. The topological polar surface area (TPSA) is 113 Å². The minimum Gasteiger partial charge on any atom is -0.363 e. The van der Waals surface area contributed by atoms with Gasteiger partial charge >= 0.3 is 0 Å². The fourth-order valence-electron chi connectivity index (χ4n) is 3.85. The number of hydrogen-bond donors (Lipinski definition) is 4. The first-order chi connectivity index (χ1) is 14.7. The predicted molar refractivity (Wildman–Crippen MR) is 115 cm³/mol. The summed E-state index contributed by atoms with van der Waals surface area (Å²) in [6.07, 6.45) is 7.34. The molecule has 4 aromatic rings. The van der Waals surface area contributed by atoms with E-state index in [2.05, 4.69) is 55.3 Å². The summed E-state index contributed by atoms with van der Waals surface area (Å²) in [7, 11) is 1.60. The summed E-state index contributed by atoms with van der Waals surface area (Å²) in [4.78, 5) is 24.0. The van der Waals surface area contributed by atoms with Gasteiger partial charge in [-0.2, -0.15) is 15.1 Å². The van der Waals surface area contributed by atoms with Crippen LogP contribution in [0, 0.1) is 0 Å². The maximum atomic E-state index is 11.5. The molecule has 0 saturated carbocycles. The van der Waals surface area contributed by atoms with Gasteiger partial charge < -0.3 is 20.9 Å². The molecule has 9 heteroatoms. The highest BCUT2D eigenvalue weighted by atomic mass is 16.1. The van der Waals surface area contributed by atoms with E-state index in [-0.39, 0.29) is 18.5 Å². The van der Waals surface area contributed by atoms with Gasteiger partial charge in [0.1, 0.15) is 18.0 Å². The molecule has 5 rings (SSSR count). The predicted octanol–water partition coefficient (Wildman–Crippen LogP) is 2.74. The summed E-state index contributed by atoms with van der Waals surface area (Å²) < 4.78 is 1.56. The highest BCUT2D eigenvalue weighted by molar-refractivity contribution is 5.88. The lowest BCUT2D eigenvalue weighted by Crippen LogP contribution is -2.23. The van der Waals surface area contributed by atoms with Crippen LogP contribution in [-0.4, -0.2) is 37.7 Å². The van der Waals surface area contributed by atoms with Gasteiger partial charge in [-0.3, -0.25) is 9.48 Å². The Bertz CT molecular complexity index is 1210. The van der Waals surface area contributed by atoms with Gasteiger partial charge in [0, 0.05) is 19.4 Å². The molecule has 9 nitrogen and oxygen atoms in total. The molecule has 1 amide bonds. The number of aromatic nitrogens is 5. The summed E-state index contributed by atoms with van der Waals surface area (Å²) in [6, 6.07) is 10.7. The molecule has 3 heterocycles. The van der Waals surface area contributed by atoms with Crippen LogP contribution in [0.3, 0.4) is 0 Å². The average Bonchev–Trinajstić information content (AvgIpc) is 3.49. The number of aromatic amines is 1. The van der Waals surface area contributed by atoms with Crippen molar-refractivity contribution in [3.8, 4) is 0 Å². The van der Waals surface area contributed by atoms with Gasteiger partial charge in [-0.25, -0.2) is 0 Å². The number of aryl methyl sites for hydroxylation is 1. The number of benzene rings is 1. The van der Waals surface area contributed by atoms with Gasteiger partial charge in [-0.05, 0) is 30.0 Å². The number of amides is 1. The number of anilines is 3. The Morgan fingerprint density at radius 3 is 3.07 bits per heavy atom. The molecule has 1 unspecified atom stereocenters. The summed E-state index contributed by atoms with van der Waals surface area (Å²) in [5.41, 5.74) is 4.17. The second-order valence-electron chi connectivity index (χ2n) is 7.29. The molecular formula is C21H22N8O. The molecule has 1 aliphatic carbocycles. The Hall–Kier alpha value is -3.88. The Labute approximate surface area is 172 Å². The minimum atomic E-state index is -0.114. The highest BCUT2D eigenvalue weighted by Gasteiger charge is 2.23. The second kappa shape index (κ2) is 7.51. The number of likely N-dealkylation sites (N-methyl/N-ethyl adjacent to an activating group) is 1. The smallest absolute Gasteiger partial charge is 0.241 e. The normalized spacial score (nSPS) is 15.2. The van der Waals surface area contributed by atoms with Crippen molar-refractivity contribution in [3.05, 3.63) is 60.0 Å². The van der Waals surface area contributed by atoms with Gasteiger partial charge in [-0.15, -0.1) is 0 Å². The second-order valence-corrected chi connectivity index (χ2v) is 7.29. The fraction of sp³-hybridized carbons (Fsp3) is 0.238. The van der Waals surface area contributed by atoms with E-state index < -0.39 is 0 Å². The Morgan fingerprint density at radius 1 is 1.27 bits per heavy atom. The molecule has 1 aliphatic rings. The van der Waals surface area contributed by atoms with Crippen LogP contribution >= 0.6 is 0 Å². The number of carbonyl (C=O) groups excluding carboxylic acids is 1. The Morgan fingerprint density at radius 2 is 2.17 bits per heavy atom. The van der Waals surface area contributed by atoms with E-state index in [0.717, 1.165) is 29.7 Å². The van der Waals surface area contributed by atoms with Crippen molar-refractivity contribution in [2.75, 3.05) is 17.7 Å².